The molecule has 19 heavy (non-hydrogen) atoms. The standard InChI is InChI=1S/C16H23N3/c1-2-19-12-14(11-18-8-3-4-9-18)15-7-5-6-13(10-17)16(15)19/h5-7,12H,2-4,8-11,17H2,1H3. The molecule has 3 nitrogen and oxygen atoms in total. The highest BCUT2D eigenvalue weighted by Gasteiger charge is 2.16. The fourth-order valence-electron chi connectivity index (χ4n) is 3.23. The lowest BCUT2D eigenvalue weighted by Crippen LogP contribution is -2.18. The number of fused-ring (bicyclic) bond motifs is 1. The van der Waals surface area contributed by atoms with Crippen molar-refractivity contribution in [3.8, 4) is 0 Å². The van der Waals surface area contributed by atoms with Crippen LogP contribution in [-0.2, 0) is 19.6 Å². The summed E-state index contributed by atoms with van der Waals surface area (Å²) in [6.45, 7) is 7.40. The second kappa shape index (κ2) is 5.35. The van der Waals surface area contributed by atoms with Crippen molar-refractivity contribution in [3.05, 3.63) is 35.5 Å². The molecule has 0 radical (unpaired) electrons. The number of hydrogen-bond donors (Lipinski definition) is 1. The number of para-hydroxylation sites is 1. The molecule has 3 heteroatoms. The molecule has 0 spiro atoms. The van der Waals surface area contributed by atoms with E-state index in [-0.39, 0.29) is 0 Å². The number of nitrogens with two attached hydrogens (primary N) is 1. The first-order valence-corrected chi connectivity index (χ1v) is 7.35. The van der Waals surface area contributed by atoms with Crippen LogP contribution in [0.2, 0.25) is 0 Å². The van der Waals surface area contributed by atoms with Crippen LogP contribution in [0.15, 0.2) is 24.4 Å². The Morgan fingerprint density at radius 2 is 1.95 bits per heavy atom. The Morgan fingerprint density at radius 1 is 1.16 bits per heavy atom. The quantitative estimate of drug-likeness (QED) is 0.914. The summed E-state index contributed by atoms with van der Waals surface area (Å²) in [5.41, 5.74) is 9.93. The number of nitrogens with zero attached hydrogens (tertiary/aromatic N) is 2. The summed E-state index contributed by atoms with van der Waals surface area (Å²) in [6.07, 6.45) is 5.02. The Bertz CT molecular complexity index is 565. The molecule has 2 aromatic rings. The van der Waals surface area contributed by atoms with E-state index in [0.717, 1.165) is 13.1 Å². The van der Waals surface area contributed by atoms with Gasteiger partial charge in [0.25, 0.3) is 0 Å². The molecular formula is C16H23N3. The molecule has 1 saturated heterocycles. The third-order valence-corrected chi connectivity index (χ3v) is 4.22. The van der Waals surface area contributed by atoms with Crippen LogP contribution >= 0.6 is 0 Å². The van der Waals surface area contributed by atoms with Gasteiger partial charge in [0.2, 0.25) is 0 Å². The van der Waals surface area contributed by atoms with Gasteiger partial charge in [0.15, 0.2) is 0 Å². The average molecular weight is 257 g/mol. The lowest BCUT2D eigenvalue weighted by atomic mass is 10.1. The van der Waals surface area contributed by atoms with Crippen LogP contribution < -0.4 is 5.73 Å². The minimum absolute atomic E-state index is 0.616. The third-order valence-electron chi connectivity index (χ3n) is 4.22. The van der Waals surface area contributed by atoms with Crippen LogP contribution in [0.25, 0.3) is 10.9 Å². The number of aromatic nitrogens is 1. The number of aryl methyl sites for hydroxylation is 1. The van der Waals surface area contributed by atoms with Gasteiger partial charge in [0, 0.05) is 31.2 Å². The molecule has 0 bridgehead atoms. The maximum atomic E-state index is 5.89. The summed E-state index contributed by atoms with van der Waals surface area (Å²) in [5.74, 6) is 0. The Labute approximate surface area is 115 Å². The molecule has 102 valence electrons. The van der Waals surface area contributed by atoms with E-state index in [9.17, 15) is 0 Å². The van der Waals surface area contributed by atoms with E-state index in [4.69, 9.17) is 5.73 Å². The van der Waals surface area contributed by atoms with Crippen molar-refractivity contribution >= 4 is 10.9 Å². The summed E-state index contributed by atoms with van der Waals surface area (Å²) in [7, 11) is 0. The summed E-state index contributed by atoms with van der Waals surface area (Å²) in [4.78, 5) is 2.56. The van der Waals surface area contributed by atoms with Gasteiger partial charge in [0.05, 0.1) is 5.52 Å². The summed E-state index contributed by atoms with van der Waals surface area (Å²) in [6, 6.07) is 6.53. The van der Waals surface area contributed by atoms with Gasteiger partial charge < -0.3 is 10.3 Å². The molecule has 0 aliphatic carbocycles. The molecule has 1 aliphatic heterocycles. The molecule has 0 atom stereocenters. The highest BCUT2D eigenvalue weighted by molar-refractivity contribution is 5.86. The number of likely N-dealkylation sites (tertiary alicyclic amines) is 1. The van der Waals surface area contributed by atoms with Crippen molar-refractivity contribution in [3.63, 3.8) is 0 Å². The lowest BCUT2D eigenvalue weighted by molar-refractivity contribution is 0.332. The molecule has 1 aliphatic rings. The van der Waals surface area contributed by atoms with Crippen molar-refractivity contribution in [2.24, 2.45) is 5.73 Å². The zero-order chi connectivity index (χ0) is 13.2. The normalized spacial score (nSPS) is 16.5. The van der Waals surface area contributed by atoms with Gasteiger partial charge in [-0.25, -0.2) is 0 Å². The molecule has 3 rings (SSSR count). The van der Waals surface area contributed by atoms with Gasteiger partial charge in [-0.05, 0) is 44.0 Å². The third kappa shape index (κ3) is 2.28. The molecule has 1 aromatic heterocycles. The van der Waals surface area contributed by atoms with Gasteiger partial charge in [-0.2, -0.15) is 0 Å². The maximum Gasteiger partial charge on any atom is 0.0529 e. The molecular weight excluding hydrogens is 234 g/mol. The zero-order valence-corrected chi connectivity index (χ0v) is 11.7. The van der Waals surface area contributed by atoms with Crippen molar-refractivity contribution in [2.75, 3.05) is 13.1 Å². The van der Waals surface area contributed by atoms with E-state index in [1.807, 2.05) is 0 Å². The number of benzene rings is 1. The Hall–Kier alpha value is -1.32. The Kier molecular flexibility index (Phi) is 3.58. The number of hydrogen-bond acceptors (Lipinski definition) is 2. The molecule has 1 fully saturated rings. The fraction of sp³-hybridized carbons (Fsp3) is 0.500. The highest BCUT2D eigenvalue weighted by atomic mass is 15.1. The van der Waals surface area contributed by atoms with E-state index in [1.54, 1.807) is 0 Å². The van der Waals surface area contributed by atoms with Gasteiger partial charge in [-0.1, -0.05) is 18.2 Å². The van der Waals surface area contributed by atoms with Crippen LogP contribution in [0, 0.1) is 0 Å². The first kappa shape index (κ1) is 12.7. The topological polar surface area (TPSA) is 34.2 Å². The second-order valence-corrected chi connectivity index (χ2v) is 5.44. The van der Waals surface area contributed by atoms with Crippen molar-refractivity contribution < 1.29 is 0 Å². The largest absolute Gasteiger partial charge is 0.347 e. The van der Waals surface area contributed by atoms with Gasteiger partial charge in [-0.3, -0.25) is 4.90 Å². The van der Waals surface area contributed by atoms with E-state index in [0.29, 0.717) is 6.54 Å². The van der Waals surface area contributed by atoms with Crippen molar-refractivity contribution in [1.82, 2.24) is 9.47 Å². The SMILES string of the molecule is CCn1cc(CN2CCCC2)c2cccc(CN)c21. The minimum atomic E-state index is 0.616. The monoisotopic (exact) mass is 257 g/mol. The van der Waals surface area contributed by atoms with Crippen LogP contribution in [0.5, 0.6) is 0 Å². The summed E-state index contributed by atoms with van der Waals surface area (Å²) in [5, 5.41) is 1.39. The second-order valence-electron chi connectivity index (χ2n) is 5.44. The fourth-order valence-corrected chi connectivity index (χ4v) is 3.23. The Balaban J connectivity index is 2.04. The van der Waals surface area contributed by atoms with Gasteiger partial charge >= 0.3 is 0 Å². The summed E-state index contributed by atoms with van der Waals surface area (Å²) < 4.78 is 2.35. The molecule has 0 saturated carbocycles. The average Bonchev–Trinajstić information content (AvgIpc) is 3.07. The summed E-state index contributed by atoms with van der Waals surface area (Å²) >= 11 is 0. The van der Waals surface area contributed by atoms with Crippen LogP contribution in [-0.4, -0.2) is 22.6 Å². The number of rotatable bonds is 4. The minimum Gasteiger partial charge on any atom is -0.347 e. The van der Waals surface area contributed by atoms with E-state index >= 15 is 0 Å². The predicted molar refractivity (Wildman–Crippen MR) is 80.0 cm³/mol. The maximum absolute atomic E-state index is 5.89. The van der Waals surface area contributed by atoms with Crippen molar-refractivity contribution in [1.29, 1.82) is 0 Å². The van der Waals surface area contributed by atoms with E-state index in [1.165, 1.54) is 48.0 Å². The van der Waals surface area contributed by atoms with E-state index < -0.39 is 0 Å². The van der Waals surface area contributed by atoms with E-state index in [2.05, 4.69) is 40.8 Å². The molecule has 2 heterocycles. The first-order valence-electron chi connectivity index (χ1n) is 7.35. The predicted octanol–water partition coefficient (Wildman–Crippen LogP) is 2.72. The Morgan fingerprint density at radius 3 is 2.63 bits per heavy atom. The molecule has 2 N–H and O–H groups in total. The van der Waals surface area contributed by atoms with Crippen LogP contribution in [0.3, 0.4) is 0 Å². The highest BCUT2D eigenvalue weighted by Crippen LogP contribution is 2.26. The lowest BCUT2D eigenvalue weighted by Gasteiger charge is -2.13. The molecule has 0 amide bonds. The van der Waals surface area contributed by atoms with Crippen LogP contribution in [0.1, 0.15) is 30.9 Å². The smallest absolute Gasteiger partial charge is 0.0529 e. The van der Waals surface area contributed by atoms with Gasteiger partial charge in [-0.15, -0.1) is 0 Å². The molecule has 1 aromatic carbocycles. The van der Waals surface area contributed by atoms with Gasteiger partial charge in [0.1, 0.15) is 0 Å². The van der Waals surface area contributed by atoms with Crippen LogP contribution in [0.4, 0.5) is 0 Å². The van der Waals surface area contributed by atoms with Crippen molar-refractivity contribution in [2.45, 2.75) is 39.4 Å². The molecule has 0 unspecified atom stereocenters. The first-order chi connectivity index (χ1) is 9.33. The zero-order valence-electron chi connectivity index (χ0n) is 11.7.